The van der Waals surface area contributed by atoms with E-state index in [1.807, 2.05) is 6.07 Å². The molecule has 0 aromatic heterocycles. The van der Waals surface area contributed by atoms with Gasteiger partial charge in [0.25, 0.3) is 0 Å². The van der Waals surface area contributed by atoms with Gasteiger partial charge in [-0.1, -0.05) is 17.7 Å². The van der Waals surface area contributed by atoms with E-state index in [2.05, 4.69) is 0 Å². The van der Waals surface area contributed by atoms with E-state index in [1.54, 1.807) is 0 Å². The Hall–Kier alpha value is -1.18. The van der Waals surface area contributed by atoms with Crippen molar-refractivity contribution in [3.63, 3.8) is 0 Å². The topological polar surface area (TPSA) is 105 Å². The first-order valence-electron chi connectivity index (χ1n) is 6.94. The van der Waals surface area contributed by atoms with Gasteiger partial charge in [0.15, 0.2) is 9.84 Å². The SMILES string of the molecule is COCCN(CCC#N)S(=O)(=O)c1cc(Cl)ccc1CS(C)(=O)=O. The minimum absolute atomic E-state index is 0.00488. The zero-order valence-electron chi connectivity index (χ0n) is 13.4. The monoisotopic (exact) mass is 394 g/mol. The number of nitrogens with zero attached hydrogens (tertiary/aromatic N) is 2. The average Bonchev–Trinajstić information content (AvgIpc) is 2.47. The number of halogens is 1. The van der Waals surface area contributed by atoms with E-state index >= 15 is 0 Å². The van der Waals surface area contributed by atoms with Crippen LogP contribution in [-0.2, 0) is 30.4 Å². The van der Waals surface area contributed by atoms with Gasteiger partial charge >= 0.3 is 0 Å². The molecule has 1 aromatic carbocycles. The Morgan fingerprint density at radius 1 is 1.25 bits per heavy atom. The molecule has 7 nitrogen and oxygen atoms in total. The number of methoxy groups -OCH3 is 1. The first-order valence-corrected chi connectivity index (χ1v) is 10.8. The fourth-order valence-electron chi connectivity index (χ4n) is 2.03. The van der Waals surface area contributed by atoms with E-state index in [1.165, 1.54) is 25.3 Å². The lowest BCUT2D eigenvalue weighted by atomic mass is 10.2. The number of ether oxygens (including phenoxy) is 1. The smallest absolute Gasteiger partial charge is 0.243 e. The predicted octanol–water partition coefficient (Wildman–Crippen LogP) is 1.44. The van der Waals surface area contributed by atoms with Crippen LogP contribution in [0.1, 0.15) is 12.0 Å². The molecule has 0 radical (unpaired) electrons. The number of rotatable bonds is 9. The van der Waals surface area contributed by atoms with Crippen LogP contribution >= 0.6 is 11.6 Å². The van der Waals surface area contributed by atoms with Crippen LogP contribution < -0.4 is 0 Å². The Morgan fingerprint density at radius 2 is 1.92 bits per heavy atom. The molecule has 0 unspecified atom stereocenters. The van der Waals surface area contributed by atoms with Gasteiger partial charge in [-0.25, -0.2) is 16.8 Å². The molecule has 0 N–H and O–H groups in total. The summed E-state index contributed by atoms with van der Waals surface area (Å²) >= 11 is 5.90. The fourth-order valence-corrected chi connectivity index (χ4v) is 4.85. The number of hydrogen-bond acceptors (Lipinski definition) is 6. The summed E-state index contributed by atoms with van der Waals surface area (Å²) in [5, 5.41) is 8.90. The summed E-state index contributed by atoms with van der Waals surface area (Å²) in [7, 11) is -6.02. The van der Waals surface area contributed by atoms with E-state index in [-0.39, 0.29) is 41.6 Å². The van der Waals surface area contributed by atoms with Crippen LogP contribution in [0.5, 0.6) is 0 Å². The second-order valence-electron chi connectivity index (χ2n) is 5.13. The summed E-state index contributed by atoms with van der Waals surface area (Å²) < 4.78 is 55.0. The quantitative estimate of drug-likeness (QED) is 0.627. The molecule has 0 spiro atoms. The van der Waals surface area contributed by atoms with Crippen molar-refractivity contribution < 1.29 is 21.6 Å². The normalized spacial score (nSPS) is 12.3. The molecule has 0 fully saturated rings. The number of sulfonamides is 1. The van der Waals surface area contributed by atoms with Crippen molar-refractivity contribution in [1.29, 1.82) is 5.26 Å². The first kappa shape index (κ1) is 20.9. The van der Waals surface area contributed by atoms with Crippen LogP contribution in [-0.4, -0.2) is 54.2 Å². The van der Waals surface area contributed by atoms with E-state index in [0.717, 1.165) is 10.6 Å². The second kappa shape index (κ2) is 8.78. The first-order chi connectivity index (χ1) is 11.1. The van der Waals surface area contributed by atoms with Gasteiger partial charge in [-0.05, 0) is 17.7 Å². The Kier molecular flexibility index (Phi) is 7.63. The fraction of sp³-hybridized carbons (Fsp3) is 0.500. The third kappa shape index (κ3) is 6.03. The number of nitriles is 1. The molecule has 0 aliphatic carbocycles. The van der Waals surface area contributed by atoms with Gasteiger partial charge in [-0.2, -0.15) is 9.57 Å². The third-order valence-corrected chi connectivity index (χ3v) is 6.13. The van der Waals surface area contributed by atoms with Crippen molar-refractivity contribution in [3.8, 4) is 6.07 Å². The highest BCUT2D eigenvalue weighted by Crippen LogP contribution is 2.25. The van der Waals surface area contributed by atoms with Gasteiger partial charge in [-0.15, -0.1) is 0 Å². The molecule has 0 aliphatic heterocycles. The van der Waals surface area contributed by atoms with Crippen molar-refractivity contribution in [1.82, 2.24) is 4.31 Å². The maximum atomic E-state index is 12.9. The Morgan fingerprint density at radius 3 is 2.46 bits per heavy atom. The molecule has 0 saturated heterocycles. The summed E-state index contributed by atoms with van der Waals surface area (Å²) in [4.78, 5) is -0.172. The van der Waals surface area contributed by atoms with E-state index in [9.17, 15) is 16.8 Å². The van der Waals surface area contributed by atoms with E-state index in [0.29, 0.717) is 0 Å². The van der Waals surface area contributed by atoms with Crippen molar-refractivity contribution >= 4 is 31.5 Å². The summed E-state index contributed by atoms with van der Waals surface area (Å²) in [6.45, 7) is 0.172. The van der Waals surface area contributed by atoms with Gasteiger partial charge < -0.3 is 4.74 Å². The molecule has 1 aromatic rings. The van der Waals surface area contributed by atoms with Crippen LogP contribution in [0.3, 0.4) is 0 Å². The second-order valence-corrected chi connectivity index (χ2v) is 9.61. The number of hydrogen-bond donors (Lipinski definition) is 0. The van der Waals surface area contributed by atoms with Crippen molar-refractivity contribution in [2.75, 3.05) is 33.1 Å². The molecular weight excluding hydrogens is 376 g/mol. The summed E-state index contributed by atoms with van der Waals surface area (Å²) in [5.41, 5.74) is 0.140. The van der Waals surface area contributed by atoms with Gasteiger partial charge in [-0.3, -0.25) is 0 Å². The highest BCUT2D eigenvalue weighted by molar-refractivity contribution is 7.90. The maximum absolute atomic E-state index is 12.9. The molecule has 0 aliphatic rings. The molecule has 134 valence electrons. The molecule has 0 atom stereocenters. The molecule has 24 heavy (non-hydrogen) atoms. The molecule has 0 heterocycles. The molecule has 0 saturated carbocycles. The van der Waals surface area contributed by atoms with Crippen LogP contribution in [0.2, 0.25) is 5.02 Å². The minimum Gasteiger partial charge on any atom is -0.383 e. The molecular formula is C14H19ClN2O5S2. The standard InChI is InChI=1S/C14H19ClN2O5S2/c1-22-9-8-17(7-3-6-16)24(20,21)14-10-13(15)5-4-12(14)11-23(2,18)19/h4-5,10H,3,7-9,11H2,1-2H3. The molecule has 0 amide bonds. The molecule has 0 bridgehead atoms. The van der Waals surface area contributed by atoms with Crippen LogP contribution in [0, 0.1) is 11.3 Å². The van der Waals surface area contributed by atoms with E-state index < -0.39 is 25.6 Å². The maximum Gasteiger partial charge on any atom is 0.243 e. The lowest BCUT2D eigenvalue weighted by molar-refractivity contribution is 0.179. The summed E-state index contributed by atoms with van der Waals surface area (Å²) in [6, 6.07) is 5.94. The largest absolute Gasteiger partial charge is 0.383 e. The number of sulfone groups is 1. The lowest BCUT2D eigenvalue weighted by Gasteiger charge is -2.22. The Balaban J connectivity index is 3.37. The number of benzene rings is 1. The predicted molar refractivity (Wildman–Crippen MR) is 90.9 cm³/mol. The summed E-state index contributed by atoms with van der Waals surface area (Å²) in [5.74, 6) is -0.422. The van der Waals surface area contributed by atoms with Crippen LogP contribution in [0.15, 0.2) is 23.1 Å². The lowest BCUT2D eigenvalue weighted by Crippen LogP contribution is -2.35. The van der Waals surface area contributed by atoms with Gasteiger partial charge in [0.05, 0.1) is 23.3 Å². The van der Waals surface area contributed by atoms with Crippen molar-refractivity contribution in [2.45, 2.75) is 17.1 Å². The molecule has 10 heteroatoms. The van der Waals surface area contributed by atoms with Crippen LogP contribution in [0.4, 0.5) is 0 Å². The van der Waals surface area contributed by atoms with Crippen molar-refractivity contribution in [3.05, 3.63) is 28.8 Å². The zero-order chi connectivity index (χ0) is 18.4. The van der Waals surface area contributed by atoms with E-state index in [4.69, 9.17) is 21.6 Å². The minimum atomic E-state index is -4.02. The Labute approximate surface area is 147 Å². The third-order valence-electron chi connectivity index (χ3n) is 3.08. The Bertz CT molecular complexity index is 816. The average molecular weight is 395 g/mol. The highest BCUT2D eigenvalue weighted by atomic mass is 35.5. The molecule has 1 rings (SSSR count). The van der Waals surface area contributed by atoms with Crippen molar-refractivity contribution in [2.24, 2.45) is 0 Å². The van der Waals surface area contributed by atoms with Gasteiger partial charge in [0.1, 0.15) is 0 Å². The van der Waals surface area contributed by atoms with Gasteiger partial charge in [0.2, 0.25) is 10.0 Å². The van der Waals surface area contributed by atoms with Gasteiger partial charge in [0, 0.05) is 37.9 Å². The summed E-state index contributed by atoms with van der Waals surface area (Å²) in [6.07, 6.45) is 1.03. The van der Waals surface area contributed by atoms with Crippen LogP contribution in [0.25, 0.3) is 0 Å². The highest BCUT2D eigenvalue weighted by Gasteiger charge is 2.28. The zero-order valence-corrected chi connectivity index (χ0v) is 15.8.